The molecule has 6 nitrogen and oxygen atoms in total. The van der Waals surface area contributed by atoms with E-state index in [0.29, 0.717) is 5.56 Å². The summed E-state index contributed by atoms with van der Waals surface area (Å²) in [6.45, 7) is 1.79. The highest BCUT2D eigenvalue weighted by Gasteiger charge is 2.08. The monoisotopic (exact) mass is 412 g/mol. The number of fused-ring (bicyclic) bond motifs is 1. The molecule has 0 unspecified atom stereocenters. The normalized spacial score (nSPS) is 11.0. The minimum Gasteiger partial charge on any atom is -0.358 e. The summed E-state index contributed by atoms with van der Waals surface area (Å²) in [6.07, 6.45) is 1.60. The number of carbonyl (C=O) groups excluding carboxylic acids is 2. The number of nitrogens with zero attached hydrogens (tertiary/aromatic N) is 1. The molecule has 0 atom stereocenters. The molecule has 0 saturated carbocycles. The fraction of sp³-hybridized carbons (Fsp3) is 0.105. The Hall–Kier alpha value is -2.93. The van der Waals surface area contributed by atoms with Gasteiger partial charge in [0, 0.05) is 32.2 Å². The number of benzene rings is 2. The summed E-state index contributed by atoms with van der Waals surface area (Å²) in [5, 5.41) is 7.58. The number of H-pyrrole nitrogens is 1. The number of nitrogens with one attached hydrogen (secondary N) is 3. The summed E-state index contributed by atoms with van der Waals surface area (Å²) in [7, 11) is 0. The molecule has 2 amide bonds. The Morgan fingerprint density at radius 3 is 2.65 bits per heavy atom. The number of hydrogen-bond donors (Lipinski definition) is 3. The minimum atomic E-state index is -0.399. The van der Waals surface area contributed by atoms with E-state index in [1.807, 2.05) is 31.2 Å². The standard InChI is InChI=1S/C19H17BrN4O2/c1-12-16(15-4-2-3-5-17(15)23-12)10-22-24-18(25)11-21-19(26)13-6-8-14(20)9-7-13/h2-10,23H,11H2,1H3,(H,21,26)(H,24,25). The lowest BCUT2D eigenvalue weighted by atomic mass is 10.1. The van der Waals surface area contributed by atoms with E-state index in [1.54, 1.807) is 30.5 Å². The van der Waals surface area contributed by atoms with E-state index in [-0.39, 0.29) is 12.5 Å². The van der Waals surface area contributed by atoms with Crippen molar-refractivity contribution in [2.75, 3.05) is 6.54 Å². The van der Waals surface area contributed by atoms with Crippen molar-refractivity contribution in [3.63, 3.8) is 0 Å². The molecular formula is C19H17BrN4O2. The Morgan fingerprint density at radius 2 is 1.88 bits per heavy atom. The molecule has 0 bridgehead atoms. The molecule has 26 heavy (non-hydrogen) atoms. The van der Waals surface area contributed by atoms with Crippen LogP contribution in [0, 0.1) is 6.92 Å². The summed E-state index contributed by atoms with van der Waals surface area (Å²) in [5.74, 6) is -0.715. The number of hydrazone groups is 1. The molecule has 0 aliphatic heterocycles. The number of amides is 2. The average molecular weight is 413 g/mol. The smallest absolute Gasteiger partial charge is 0.259 e. The Labute approximate surface area is 158 Å². The lowest BCUT2D eigenvalue weighted by molar-refractivity contribution is -0.120. The summed E-state index contributed by atoms with van der Waals surface area (Å²) in [5.41, 5.74) is 5.80. The molecule has 0 spiro atoms. The summed E-state index contributed by atoms with van der Waals surface area (Å²) in [4.78, 5) is 27.1. The van der Waals surface area contributed by atoms with E-state index in [1.165, 1.54) is 0 Å². The van der Waals surface area contributed by atoms with E-state index in [0.717, 1.165) is 26.6 Å². The number of halogens is 1. The number of carbonyl (C=O) groups is 2. The predicted molar refractivity (Wildman–Crippen MR) is 105 cm³/mol. The van der Waals surface area contributed by atoms with E-state index < -0.39 is 5.91 Å². The molecule has 3 N–H and O–H groups in total. The van der Waals surface area contributed by atoms with Crippen LogP contribution in [-0.4, -0.2) is 29.6 Å². The molecule has 0 aliphatic rings. The third-order valence-electron chi connectivity index (χ3n) is 3.84. The zero-order valence-corrected chi connectivity index (χ0v) is 15.6. The van der Waals surface area contributed by atoms with Crippen LogP contribution in [0.5, 0.6) is 0 Å². The summed E-state index contributed by atoms with van der Waals surface area (Å²) < 4.78 is 0.883. The fourth-order valence-corrected chi connectivity index (χ4v) is 2.80. The van der Waals surface area contributed by atoms with E-state index >= 15 is 0 Å². The van der Waals surface area contributed by atoms with E-state index in [2.05, 4.69) is 36.8 Å². The Morgan fingerprint density at radius 1 is 1.15 bits per heavy atom. The molecular weight excluding hydrogens is 396 g/mol. The molecule has 3 rings (SSSR count). The lowest BCUT2D eigenvalue weighted by Crippen LogP contribution is -2.34. The van der Waals surface area contributed by atoms with Crippen LogP contribution in [0.1, 0.15) is 21.6 Å². The van der Waals surface area contributed by atoms with Gasteiger partial charge in [0.15, 0.2) is 0 Å². The average Bonchev–Trinajstić information content (AvgIpc) is 2.96. The van der Waals surface area contributed by atoms with E-state index in [4.69, 9.17) is 0 Å². The number of aryl methyl sites for hydroxylation is 1. The molecule has 1 heterocycles. The third kappa shape index (κ3) is 4.18. The van der Waals surface area contributed by atoms with Gasteiger partial charge in [0.1, 0.15) is 0 Å². The Kier molecular flexibility index (Phi) is 5.48. The van der Waals surface area contributed by atoms with Crippen LogP contribution in [0.4, 0.5) is 0 Å². The van der Waals surface area contributed by atoms with Crippen LogP contribution in [0.2, 0.25) is 0 Å². The first-order valence-corrected chi connectivity index (χ1v) is 8.77. The molecule has 0 aliphatic carbocycles. The summed E-state index contributed by atoms with van der Waals surface area (Å²) in [6, 6.07) is 14.8. The van der Waals surface area contributed by atoms with Gasteiger partial charge in [-0.15, -0.1) is 0 Å². The molecule has 0 saturated heterocycles. The number of aromatic nitrogens is 1. The zero-order valence-electron chi connectivity index (χ0n) is 14.0. The van der Waals surface area contributed by atoms with Crippen LogP contribution in [0.15, 0.2) is 58.1 Å². The second-order valence-corrected chi connectivity index (χ2v) is 6.61. The predicted octanol–water partition coefficient (Wildman–Crippen LogP) is 3.12. The first-order chi connectivity index (χ1) is 12.5. The zero-order chi connectivity index (χ0) is 18.5. The van der Waals surface area contributed by atoms with Gasteiger partial charge in [0.2, 0.25) is 0 Å². The van der Waals surface area contributed by atoms with Crippen molar-refractivity contribution in [2.24, 2.45) is 5.10 Å². The SMILES string of the molecule is Cc1[nH]c2ccccc2c1C=NNC(=O)CNC(=O)c1ccc(Br)cc1. The topological polar surface area (TPSA) is 86.3 Å². The van der Waals surface area contributed by atoms with Crippen molar-refractivity contribution in [3.05, 3.63) is 69.8 Å². The number of rotatable bonds is 5. The van der Waals surface area contributed by atoms with Crippen LogP contribution >= 0.6 is 15.9 Å². The summed E-state index contributed by atoms with van der Waals surface area (Å²) >= 11 is 3.31. The largest absolute Gasteiger partial charge is 0.358 e. The maximum absolute atomic E-state index is 12.0. The first kappa shape index (κ1) is 17.9. The highest BCUT2D eigenvalue weighted by molar-refractivity contribution is 9.10. The highest BCUT2D eigenvalue weighted by atomic mass is 79.9. The minimum absolute atomic E-state index is 0.154. The number of para-hydroxylation sites is 1. The van der Waals surface area contributed by atoms with E-state index in [9.17, 15) is 9.59 Å². The molecule has 2 aromatic carbocycles. The molecule has 7 heteroatoms. The highest BCUT2D eigenvalue weighted by Crippen LogP contribution is 2.19. The van der Waals surface area contributed by atoms with Crippen LogP contribution in [0.3, 0.4) is 0 Å². The maximum Gasteiger partial charge on any atom is 0.259 e. The molecule has 132 valence electrons. The quantitative estimate of drug-likeness (QED) is 0.444. The molecule has 0 fully saturated rings. The second-order valence-electron chi connectivity index (χ2n) is 5.69. The first-order valence-electron chi connectivity index (χ1n) is 7.97. The second kappa shape index (κ2) is 7.97. The van der Waals surface area contributed by atoms with Crippen molar-refractivity contribution in [3.8, 4) is 0 Å². The number of aromatic amines is 1. The van der Waals surface area contributed by atoms with Gasteiger partial charge in [-0.1, -0.05) is 34.1 Å². The Balaban J connectivity index is 1.55. The van der Waals surface area contributed by atoms with Gasteiger partial charge >= 0.3 is 0 Å². The van der Waals surface area contributed by atoms with Gasteiger partial charge in [-0.25, -0.2) is 5.43 Å². The van der Waals surface area contributed by atoms with Gasteiger partial charge in [0.25, 0.3) is 11.8 Å². The van der Waals surface area contributed by atoms with Crippen LogP contribution < -0.4 is 10.7 Å². The van der Waals surface area contributed by atoms with Crippen molar-refractivity contribution in [1.29, 1.82) is 0 Å². The molecule has 1 aromatic heterocycles. The van der Waals surface area contributed by atoms with Gasteiger partial charge in [-0.2, -0.15) is 5.10 Å². The van der Waals surface area contributed by atoms with Crippen LogP contribution in [0.25, 0.3) is 10.9 Å². The third-order valence-corrected chi connectivity index (χ3v) is 4.37. The van der Waals surface area contributed by atoms with Crippen molar-refractivity contribution in [1.82, 2.24) is 15.7 Å². The molecule has 3 aromatic rings. The van der Waals surface area contributed by atoms with Gasteiger partial charge in [0.05, 0.1) is 12.8 Å². The van der Waals surface area contributed by atoms with Gasteiger partial charge < -0.3 is 10.3 Å². The lowest BCUT2D eigenvalue weighted by Gasteiger charge is -2.04. The Bertz CT molecular complexity index is 977. The van der Waals surface area contributed by atoms with Crippen LogP contribution in [-0.2, 0) is 4.79 Å². The van der Waals surface area contributed by atoms with Gasteiger partial charge in [-0.3, -0.25) is 9.59 Å². The fourth-order valence-electron chi connectivity index (χ4n) is 2.54. The van der Waals surface area contributed by atoms with Crippen molar-refractivity contribution < 1.29 is 9.59 Å². The van der Waals surface area contributed by atoms with Crippen molar-refractivity contribution in [2.45, 2.75) is 6.92 Å². The van der Waals surface area contributed by atoms with Crippen molar-refractivity contribution >= 4 is 44.9 Å². The number of hydrogen-bond acceptors (Lipinski definition) is 3. The van der Waals surface area contributed by atoms with Gasteiger partial charge in [-0.05, 0) is 37.3 Å². The molecule has 0 radical (unpaired) electrons. The maximum atomic E-state index is 12.0.